The Morgan fingerprint density at radius 3 is 2.48 bits per heavy atom. The molecule has 0 radical (unpaired) electrons. The van der Waals surface area contributed by atoms with Gasteiger partial charge in [0.1, 0.15) is 28.4 Å². The Kier molecular flexibility index (Phi) is 5.24. The Labute approximate surface area is 159 Å². The van der Waals surface area contributed by atoms with E-state index in [0.29, 0.717) is 34.8 Å². The molecule has 0 bridgehead atoms. The number of allylic oxidation sites excluding steroid dienone is 1. The zero-order valence-electron chi connectivity index (χ0n) is 16.0. The summed E-state index contributed by atoms with van der Waals surface area (Å²) < 4.78 is 16.9. The second-order valence-corrected chi connectivity index (χ2v) is 7.00. The van der Waals surface area contributed by atoms with Gasteiger partial charge in [0.05, 0.1) is 20.3 Å². The fraction of sp³-hybridized carbons (Fsp3) is 0.318. The van der Waals surface area contributed by atoms with Gasteiger partial charge in [0.25, 0.3) is 0 Å². The maximum absolute atomic E-state index is 13.0. The van der Waals surface area contributed by atoms with E-state index in [-0.39, 0.29) is 5.78 Å². The van der Waals surface area contributed by atoms with Crippen molar-refractivity contribution in [1.82, 2.24) is 0 Å². The average molecular weight is 368 g/mol. The molecular weight excluding hydrogens is 344 g/mol. The van der Waals surface area contributed by atoms with Crippen LogP contribution in [-0.4, -0.2) is 36.8 Å². The van der Waals surface area contributed by atoms with Crippen LogP contribution in [0.4, 0.5) is 0 Å². The first-order chi connectivity index (χ1) is 12.9. The molecule has 1 atom stereocenters. The van der Waals surface area contributed by atoms with Gasteiger partial charge in [-0.2, -0.15) is 0 Å². The number of ether oxygens (including phenoxy) is 3. The SMILES string of the molecule is COc1cc(OC)c(C(=O)/C=C/c2ccccc2)c2c1CC(O)C(C)(C)O2. The van der Waals surface area contributed by atoms with Gasteiger partial charge >= 0.3 is 0 Å². The van der Waals surface area contributed by atoms with E-state index in [1.807, 2.05) is 30.3 Å². The number of methoxy groups -OCH3 is 2. The zero-order valence-corrected chi connectivity index (χ0v) is 16.0. The number of benzene rings is 2. The van der Waals surface area contributed by atoms with Crippen molar-refractivity contribution < 1.29 is 24.1 Å². The fourth-order valence-electron chi connectivity index (χ4n) is 3.12. The monoisotopic (exact) mass is 368 g/mol. The molecule has 0 aliphatic carbocycles. The summed E-state index contributed by atoms with van der Waals surface area (Å²) in [7, 11) is 3.04. The van der Waals surface area contributed by atoms with Crippen LogP contribution in [0.1, 0.15) is 35.3 Å². The highest BCUT2D eigenvalue weighted by Gasteiger charge is 2.40. The van der Waals surface area contributed by atoms with Crippen LogP contribution >= 0.6 is 0 Å². The maximum atomic E-state index is 13.0. The largest absolute Gasteiger partial charge is 0.496 e. The average Bonchev–Trinajstić information content (AvgIpc) is 2.66. The standard InChI is InChI=1S/C22H24O5/c1-22(2)19(24)12-15-17(25-3)13-18(26-4)20(21(15)27-22)16(23)11-10-14-8-6-5-7-9-14/h5-11,13,19,24H,12H2,1-4H3/b11-10+. The van der Waals surface area contributed by atoms with Gasteiger partial charge in [0.15, 0.2) is 5.78 Å². The van der Waals surface area contributed by atoms with Gasteiger partial charge in [-0.15, -0.1) is 0 Å². The molecule has 0 amide bonds. The number of rotatable bonds is 5. The van der Waals surface area contributed by atoms with Crippen LogP contribution in [-0.2, 0) is 6.42 Å². The fourth-order valence-corrected chi connectivity index (χ4v) is 3.12. The Bertz CT molecular complexity index is 868. The number of ketones is 1. The molecule has 1 N–H and O–H groups in total. The summed E-state index contributed by atoms with van der Waals surface area (Å²) in [4.78, 5) is 13.0. The number of aliphatic hydroxyl groups is 1. The normalized spacial score (nSPS) is 17.9. The quantitative estimate of drug-likeness (QED) is 0.644. The number of hydrogen-bond donors (Lipinski definition) is 1. The highest BCUT2D eigenvalue weighted by molar-refractivity contribution is 6.11. The molecule has 5 nitrogen and oxygen atoms in total. The number of carbonyl (C=O) groups excluding carboxylic acids is 1. The molecule has 1 aliphatic heterocycles. The molecule has 1 heterocycles. The molecule has 5 heteroatoms. The summed E-state index contributed by atoms with van der Waals surface area (Å²) in [5, 5.41) is 10.4. The van der Waals surface area contributed by atoms with Gasteiger partial charge < -0.3 is 19.3 Å². The van der Waals surface area contributed by atoms with Crippen molar-refractivity contribution in [1.29, 1.82) is 0 Å². The Morgan fingerprint density at radius 2 is 1.85 bits per heavy atom. The minimum atomic E-state index is -0.831. The second kappa shape index (κ2) is 7.45. The van der Waals surface area contributed by atoms with Crippen LogP contribution in [0, 0.1) is 0 Å². The third-order valence-corrected chi connectivity index (χ3v) is 4.79. The van der Waals surface area contributed by atoms with E-state index in [2.05, 4.69) is 0 Å². The van der Waals surface area contributed by atoms with Crippen LogP contribution < -0.4 is 14.2 Å². The predicted octanol–water partition coefficient (Wildman–Crippen LogP) is 3.67. The molecule has 0 spiro atoms. The van der Waals surface area contributed by atoms with Gasteiger partial charge in [0.2, 0.25) is 0 Å². The Hall–Kier alpha value is -2.79. The molecule has 142 valence electrons. The molecular formula is C22H24O5. The van der Waals surface area contributed by atoms with Crippen LogP contribution in [0.15, 0.2) is 42.5 Å². The molecule has 0 aromatic heterocycles. The topological polar surface area (TPSA) is 65.0 Å². The van der Waals surface area contributed by atoms with Crippen molar-refractivity contribution in [3.8, 4) is 17.2 Å². The number of aliphatic hydroxyl groups excluding tert-OH is 1. The molecule has 0 fully saturated rings. The van der Waals surface area contributed by atoms with E-state index in [0.717, 1.165) is 5.56 Å². The summed E-state index contributed by atoms with van der Waals surface area (Å²) in [6.45, 7) is 3.58. The molecule has 27 heavy (non-hydrogen) atoms. The van der Waals surface area contributed by atoms with Crippen molar-refractivity contribution in [3.63, 3.8) is 0 Å². The van der Waals surface area contributed by atoms with Crippen LogP contribution in [0.5, 0.6) is 17.2 Å². The number of fused-ring (bicyclic) bond motifs is 1. The van der Waals surface area contributed by atoms with E-state index in [9.17, 15) is 9.90 Å². The lowest BCUT2D eigenvalue weighted by Crippen LogP contribution is -2.46. The molecule has 1 aliphatic rings. The third-order valence-electron chi connectivity index (χ3n) is 4.79. The smallest absolute Gasteiger partial charge is 0.193 e. The Balaban J connectivity index is 2.10. The van der Waals surface area contributed by atoms with Gasteiger partial charge in [0, 0.05) is 18.1 Å². The van der Waals surface area contributed by atoms with Gasteiger partial charge in [-0.1, -0.05) is 36.4 Å². The first kappa shape index (κ1) is 19.0. The van der Waals surface area contributed by atoms with E-state index in [1.165, 1.54) is 20.3 Å². The second-order valence-electron chi connectivity index (χ2n) is 7.00. The van der Waals surface area contributed by atoms with Gasteiger partial charge in [-0.25, -0.2) is 0 Å². The van der Waals surface area contributed by atoms with E-state index in [4.69, 9.17) is 14.2 Å². The third kappa shape index (κ3) is 3.69. The van der Waals surface area contributed by atoms with Crippen molar-refractivity contribution in [3.05, 3.63) is 59.2 Å². The summed E-state index contributed by atoms with van der Waals surface area (Å²) in [5.41, 5.74) is 1.09. The maximum Gasteiger partial charge on any atom is 0.193 e. The van der Waals surface area contributed by atoms with Crippen molar-refractivity contribution in [2.75, 3.05) is 14.2 Å². The summed E-state index contributed by atoms with van der Waals surface area (Å²) in [6.07, 6.45) is 2.87. The lowest BCUT2D eigenvalue weighted by Gasteiger charge is -2.38. The van der Waals surface area contributed by atoms with Crippen LogP contribution in [0.25, 0.3) is 6.08 Å². The molecule has 3 rings (SSSR count). The van der Waals surface area contributed by atoms with Crippen LogP contribution in [0.2, 0.25) is 0 Å². The lowest BCUT2D eigenvalue weighted by molar-refractivity contribution is -0.0421. The van der Waals surface area contributed by atoms with Gasteiger partial charge in [-0.3, -0.25) is 4.79 Å². The minimum Gasteiger partial charge on any atom is -0.496 e. The minimum absolute atomic E-state index is 0.234. The highest BCUT2D eigenvalue weighted by Crippen LogP contribution is 2.45. The van der Waals surface area contributed by atoms with Crippen LogP contribution in [0.3, 0.4) is 0 Å². The predicted molar refractivity (Wildman–Crippen MR) is 104 cm³/mol. The van der Waals surface area contributed by atoms with E-state index in [1.54, 1.807) is 26.0 Å². The first-order valence-corrected chi connectivity index (χ1v) is 8.79. The highest BCUT2D eigenvalue weighted by atomic mass is 16.5. The van der Waals surface area contributed by atoms with Crippen molar-refractivity contribution in [2.24, 2.45) is 0 Å². The summed E-state index contributed by atoms with van der Waals surface area (Å²) in [6, 6.07) is 11.2. The summed E-state index contributed by atoms with van der Waals surface area (Å²) in [5.74, 6) is 1.08. The number of carbonyl (C=O) groups is 1. The molecule has 0 saturated carbocycles. The van der Waals surface area contributed by atoms with Crippen molar-refractivity contribution in [2.45, 2.75) is 32.0 Å². The molecule has 1 unspecified atom stereocenters. The Morgan fingerprint density at radius 1 is 1.19 bits per heavy atom. The van der Waals surface area contributed by atoms with E-state index < -0.39 is 11.7 Å². The number of hydrogen-bond acceptors (Lipinski definition) is 5. The molecule has 2 aromatic carbocycles. The van der Waals surface area contributed by atoms with E-state index >= 15 is 0 Å². The first-order valence-electron chi connectivity index (χ1n) is 8.79. The molecule has 2 aromatic rings. The molecule has 0 saturated heterocycles. The summed E-state index contributed by atoms with van der Waals surface area (Å²) >= 11 is 0. The zero-order chi connectivity index (χ0) is 19.6. The van der Waals surface area contributed by atoms with Gasteiger partial charge in [-0.05, 0) is 25.5 Å². The lowest BCUT2D eigenvalue weighted by atomic mass is 9.88. The van der Waals surface area contributed by atoms with Crippen molar-refractivity contribution >= 4 is 11.9 Å².